The molecule has 0 unspecified atom stereocenters. The lowest BCUT2D eigenvalue weighted by atomic mass is 10.1. The van der Waals surface area contributed by atoms with Gasteiger partial charge in [-0.2, -0.15) is 0 Å². The van der Waals surface area contributed by atoms with E-state index in [0.717, 1.165) is 13.2 Å². The van der Waals surface area contributed by atoms with Crippen molar-refractivity contribution in [2.45, 2.75) is 33.2 Å². The summed E-state index contributed by atoms with van der Waals surface area (Å²) in [6.07, 6.45) is 0. The van der Waals surface area contributed by atoms with Crippen molar-refractivity contribution in [1.82, 2.24) is 10.6 Å². The molecule has 13 heavy (non-hydrogen) atoms. The second-order valence-electron chi connectivity index (χ2n) is 3.83. The van der Waals surface area contributed by atoms with Crippen LogP contribution in [0.2, 0.25) is 0 Å². The fraction of sp³-hybridized carbons (Fsp3) is 0.889. The van der Waals surface area contributed by atoms with Crippen LogP contribution in [0.15, 0.2) is 0 Å². The molecular weight excluding hydrogens is 184 g/mol. The minimum atomic E-state index is 0.0235. The Kier molecular flexibility index (Phi) is 5.99. The maximum absolute atomic E-state index is 5.16. The zero-order chi connectivity index (χ0) is 10.3. The molecule has 0 atom stereocenters. The first-order chi connectivity index (χ1) is 5.95. The standard InChI is InChI=1S/C9H20N2OS/c1-5-12-7-6-10-8(13)11-9(2,3)4/h5-7H2,1-4H3,(H2,10,11,13). The fourth-order valence-electron chi connectivity index (χ4n) is 0.766. The van der Waals surface area contributed by atoms with E-state index in [4.69, 9.17) is 17.0 Å². The Morgan fingerprint density at radius 3 is 2.46 bits per heavy atom. The molecular formula is C9H20N2OS. The smallest absolute Gasteiger partial charge is 0.166 e. The zero-order valence-corrected chi connectivity index (χ0v) is 9.75. The van der Waals surface area contributed by atoms with Gasteiger partial charge in [0, 0.05) is 18.7 Å². The molecule has 0 amide bonds. The van der Waals surface area contributed by atoms with Gasteiger partial charge in [-0.05, 0) is 39.9 Å². The van der Waals surface area contributed by atoms with Crippen LogP contribution in [0.1, 0.15) is 27.7 Å². The Hall–Kier alpha value is -0.350. The van der Waals surface area contributed by atoms with E-state index in [-0.39, 0.29) is 5.54 Å². The number of rotatable bonds is 4. The fourth-order valence-corrected chi connectivity index (χ4v) is 1.17. The molecule has 0 aromatic rings. The molecule has 0 aromatic carbocycles. The van der Waals surface area contributed by atoms with E-state index >= 15 is 0 Å². The van der Waals surface area contributed by atoms with E-state index in [1.165, 1.54) is 0 Å². The topological polar surface area (TPSA) is 33.3 Å². The van der Waals surface area contributed by atoms with E-state index in [0.29, 0.717) is 11.7 Å². The summed E-state index contributed by atoms with van der Waals surface area (Å²) in [4.78, 5) is 0. The van der Waals surface area contributed by atoms with E-state index < -0.39 is 0 Å². The van der Waals surface area contributed by atoms with E-state index in [9.17, 15) is 0 Å². The molecule has 0 heterocycles. The van der Waals surface area contributed by atoms with Crippen molar-refractivity contribution < 1.29 is 4.74 Å². The molecule has 0 saturated carbocycles. The van der Waals surface area contributed by atoms with Crippen LogP contribution in [0.4, 0.5) is 0 Å². The van der Waals surface area contributed by atoms with Gasteiger partial charge in [0.05, 0.1) is 6.61 Å². The Morgan fingerprint density at radius 1 is 1.38 bits per heavy atom. The average Bonchev–Trinajstić information content (AvgIpc) is 1.94. The number of hydrogen-bond acceptors (Lipinski definition) is 2. The minimum absolute atomic E-state index is 0.0235. The first-order valence-electron chi connectivity index (χ1n) is 4.59. The van der Waals surface area contributed by atoms with Gasteiger partial charge in [0.2, 0.25) is 0 Å². The predicted octanol–water partition coefficient (Wildman–Crippen LogP) is 1.29. The third kappa shape index (κ3) is 9.56. The van der Waals surface area contributed by atoms with Crippen LogP contribution in [0.25, 0.3) is 0 Å². The maximum Gasteiger partial charge on any atom is 0.166 e. The van der Waals surface area contributed by atoms with Crippen molar-refractivity contribution in [3.63, 3.8) is 0 Å². The van der Waals surface area contributed by atoms with Crippen LogP contribution in [0.3, 0.4) is 0 Å². The number of ether oxygens (including phenoxy) is 1. The molecule has 4 heteroatoms. The highest BCUT2D eigenvalue weighted by Gasteiger charge is 2.09. The van der Waals surface area contributed by atoms with E-state index in [1.807, 2.05) is 6.92 Å². The molecule has 0 aliphatic carbocycles. The van der Waals surface area contributed by atoms with Crippen LogP contribution in [0.5, 0.6) is 0 Å². The van der Waals surface area contributed by atoms with Crippen LogP contribution < -0.4 is 10.6 Å². The second kappa shape index (κ2) is 6.16. The first-order valence-corrected chi connectivity index (χ1v) is 5.00. The Bertz CT molecular complexity index is 154. The normalized spacial score (nSPS) is 11.1. The van der Waals surface area contributed by atoms with Gasteiger partial charge >= 0.3 is 0 Å². The van der Waals surface area contributed by atoms with Crippen LogP contribution in [-0.2, 0) is 4.74 Å². The molecule has 0 aromatic heterocycles. The number of thiocarbonyl (C=S) groups is 1. The molecule has 0 radical (unpaired) electrons. The third-order valence-corrected chi connectivity index (χ3v) is 1.47. The first kappa shape index (κ1) is 12.7. The lowest BCUT2D eigenvalue weighted by Crippen LogP contribution is -2.46. The quantitative estimate of drug-likeness (QED) is 0.534. The predicted molar refractivity (Wildman–Crippen MR) is 60.0 cm³/mol. The zero-order valence-electron chi connectivity index (χ0n) is 8.94. The molecule has 0 bridgehead atoms. The van der Waals surface area contributed by atoms with Crippen molar-refractivity contribution in [2.24, 2.45) is 0 Å². The van der Waals surface area contributed by atoms with Crippen LogP contribution >= 0.6 is 12.2 Å². The van der Waals surface area contributed by atoms with Crippen molar-refractivity contribution >= 4 is 17.3 Å². The molecule has 2 N–H and O–H groups in total. The summed E-state index contributed by atoms with van der Waals surface area (Å²) in [6, 6.07) is 0. The van der Waals surface area contributed by atoms with Gasteiger partial charge in [-0.25, -0.2) is 0 Å². The van der Waals surface area contributed by atoms with Gasteiger partial charge in [-0.3, -0.25) is 0 Å². The summed E-state index contributed by atoms with van der Waals surface area (Å²) in [5.74, 6) is 0. The maximum atomic E-state index is 5.16. The molecule has 0 rings (SSSR count). The summed E-state index contributed by atoms with van der Waals surface area (Å²) in [7, 11) is 0. The highest BCUT2D eigenvalue weighted by Crippen LogP contribution is 1.97. The second-order valence-corrected chi connectivity index (χ2v) is 4.24. The summed E-state index contributed by atoms with van der Waals surface area (Å²) in [6.45, 7) is 10.4. The molecule has 3 nitrogen and oxygen atoms in total. The third-order valence-electron chi connectivity index (χ3n) is 1.22. The molecule has 0 aliphatic heterocycles. The molecule has 0 spiro atoms. The summed E-state index contributed by atoms with van der Waals surface area (Å²) in [5.41, 5.74) is 0.0235. The van der Waals surface area contributed by atoms with Crippen molar-refractivity contribution in [3.8, 4) is 0 Å². The molecule has 78 valence electrons. The van der Waals surface area contributed by atoms with Gasteiger partial charge in [0.1, 0.15) is 0 Å². The molecule has 0 saturated heterocycles. The van der Waals surface area contributed by atoms with Gasteiger partial charge in [0.15, 0.2) is 5.11 Å². The minimum Gasteiger partial charge on any atom is -0.380 e. The summed E-state index contributed by atoms with van der Waals surface area (Å²) < 4.78 is 5.16. The lowest BCUT2D eigenvalue weighted by molar-refractivity contribution is 0.152. The van der Waals surface area contributed by atoms with Gasteiger partial charge in [-0.15, -0.1) is 0 Å². The van der Waals surface area contributed by atoms with Gasteiger partial charge < -0.3 is 15.4 Å². The Labute approximate surface area is 86.2 Å². The summed E-state index contributed by atoms with van der Waals surface area (Å²) in [5, 5.41) is 6.92. The Morgan fingerprint density at radius 2 is 2.00 bits per heavy atom. The number of nitrogens with one attached hydrogen (secondary N) is 2. The highest BCUT2D eigenvalue weighted by molar-refractivity contribution is 7.80. The SMILES string of the molecule is CCOCCNC(=S)NC(C)(C)C. The van der Waals surface area contributed by atoms with E-state index in [2.05, 4.69) is 31.4 Å². The molecule has 0 fully saturated rings. The van der Waals surface area contributed by atoms with Gasteiger partial charge in [-0.1, -0.05) is 0 Å². The summed E-state index contributed by atoms with van der Waals surface area (Å²) >= 11 is 5.07. The van der Waals surface area contributed by atoms with Crippen molar-refractivity contribution in [3.05, 3.63) is 0 Å². The van der Waals surface area contributed by atoms with Crippen molar-refractivity contribution in [1.29, 1.82) is 0 Å². The van der Waals surface area contributed by atoms with Crippen molar-refractivity contribution in [2.75, 3.05) is 19.8 Å². The monoisotopic (exact) mass is 204 g/mol. The Balaban J connectivity index is 3.41. The average molecular weight is 204 g/mol. The largest absolute Gasteiger partial charge is 0.380 e. The van der Waals surface area contributed by atoms with E-state index in [1.54, 1.807) is 0 Å². The van der Waals surface area contributed by atoms with Crippen LogP contribution in [-0.4, -0.2) is 30.4 Å². The highest BCUT2D eigenvalue weighted by atomic mass is 32.1. The molecule has 0 aliphatic rings. The van der Waals surface area contributed by atoms with Crippen LogP contribution in [0, 0.1) is 0 Å². The lowest BCUT2D eigenvalue weighted by Gasteiger charge is -2.22. The van der Waals surface area contributed by atoms with Gasteiger partial charge in [0.25, 0.3) is 0 Å². The number of hydrogen-bond donors (Lipinski definition) is 2.